The van der Waals surface area contributed by atoms with E-state index < -0.39 is 10.0 Å². The lowest BCUT2D eigenvalue weighted by molar-refractivity contribution is -0.132. The Hall–Kier alpha value is -3.15. The van der Waals surface area contributed by atoms with Crippen LogP contribution in [0, 0.1) is 6.92 Å². The highest BCUT2D eigenvalue weighted by Crippen LogP contribution is 2.35. The molecule has 11 heteroatoms. The first-order valence-corrected chi connectivity index (χ1v) is 13.9. The van der Waals surface area contributed by atoms with Crippen LogP contribution < -0.4 is 14.5 Å². The Morgan fingerprint density at radius 3 is 2.57 bits per heavy atom. The summed E-state index contributed by atoms with van der Waals surface area (Å²) in [5.41, 5.74) is 2.61. The van der Waals surface area contributed by atoms with Gasteiger partial charge in [0, 0.05) is 44.5 Å². The van der Waals surface area contributed by atoms with Gasteiger partial charge in [-0.05, 0) is 49.7 Å². The van der Waals surface area contributed by atoms with Crippen LogP contribution in [-0.2, 0) is 24.3 Å². The van der Waals surface area contributed by atoms with E-state index in [9.17, 15) is 18.0 Å². The molecule has 2 amide bonds. The molecule has 0 unspecified atom stereocenters. The molecule has 0 N–H and O–H groups in total. The van der Waals surface area contributed by atoms with Gasteiger partial charge in [0.2, 0.25) is 15.9 Å². The number of sulfonamides is 1. The normalized spacial score (nSPS) is 21.0. The predicted molar refractivity (Wildman–Crippen MR) is 138 cm³/mol. The van der Waals surface area contributed by atoms with E-state index in [2.05, 4.69) is 36.9 Å². The molecule has 0 radical (unpaired) electrons. The highest BCUT2D eigenvalue weighted by atomic mass is 32.2. The number of aryl methyl sites for hydroxylation is 1. The average Bonchev–Trinajstić information content (AvgIpc) is 2.90. The molecule has 5 rings (SSSR count). The van der Waals surface area contributed by atoms with Gasteiger partial charge in [-0.15, -0.1) is 0 Å². The Kier molecular flexibility index (Phi) is 7.11. The zero-order valence-electron chi connectivity index (χ0n) is 21.1. The van der Waals surface area contributed by atoms with E-state index in [1.807, 2.05) is 6.07 Å². The van der Waals surface area contributed by atoms with Crippen molar-refractivity contribution >= 4 is 33.2 Å². The van der Waals surface area contributed by atoms with Crippen molar-refractivity contribution in [3.63, 3.8) is 0 Å². The van der Waals surface area contributed by atoms with Gasteiger partial charge in [0.15, 0.2) is 6.61 Å². The van der Waals surface area contributed by atoms with Crippen LogP contribution in [0.1, 0.15) is 12.5 Å². The Morgan fingerprint density at radius 2 is 1.84 bits per heavy atom. The van der Waals surface area contributed by atoms with Gasteiger partial charge in [-0.25, -0.2) is 8.42 Å². The molecule has 10 nitrogen and oxygen atoms in total. The van der Waals surface area contributed by atoms with Crippen LogP contribution in [0.5, 0.6) is 5.75 Å². The summed E-state index contributed by atoms with van der Waals surface area (Å²) in [5.74, 6) is -0.183. The van der Waals surface area contributed by atoms with Gasteiger partial charge in [0.25, 0.3) is 5.91 Å². The van der Waals surface area contributed by atoms with Crippen LogP contribution >= 0.6 is 0 Å². The van der Waals surface area contributed by atoms with E-state index >= 15 is 0 Å². The van der Waals surface area contributed by atoms with Crippen LogP contribution in [0.25, 0.3) is 0 Å². The quantitative estimate of drug-likeness (QED) is 0.580. The number of nitrogens with zero attached hydrogens (tertiary/aromatic N) is 4. The molecule has 0 saturated carbocycles. The molecule has 2 aromatic carbocycles. The first-order chi connectivity index (χ1) is 17.7. The largest absolute Gasteiger partial charge is 0.482 e. The van der Waals surface area contributed by atoms with Crippen molar-refractivity contribution in [1.29, 1.82) is 0 Å². The smallest absolute Gasteiger partial charge is 0.265 e. The summed E-state index contributed by atoms with van der Waals surface area (Å²) in [5, 5.41) is 0. The molecule has 2 aromatic rings. The molecule has 3 heterocycles. The van der Waals surface area contributed by atoms with Crippen LogP contribution in [0.15, 0.2) is 47.4 Å². The number of ether oxygens (including phenoxy) is 2. The zero-order chi connectivity index (χ0) is 26.2. The third-order valence-electron chi connectivity index (χ3n) is 7.09. The number of piperazine rings is 1. The molecular weight excluding hydrogens is 496 g/mol. The van der Waals surface area contributed by atoms with Gasteiger partial charge in [-0.3, -0.25) is 14.5 Å². The Labute approximate surface area is 217 Å². The molecule has 0 bridgehead atoms. The van der Waals surface area contributed by atoms with E-state index in [0.717, 1.165) is 5.69 Å². The lowest BCUT2D eigenvalue weighted by atomic mass is 10.1. The highest BCUT2D eigenvalue weighted by molar-refractivity contribution is 7.89. The number of carbonyl (C=O) groups is 2. The van der Waals surface area contributed by atoms with Crippen LogP contribution in [0.3, 0.4) is 0 Å². The maximum atomic E-state index is 13.3. The van der Waals surface area contributed by atoms with Crippen molar-refractivity contribution < 1.29 is 27.5 Å². The molecule has 2 fully saturated rings. The number of morpholine rings is 1. The predicted octanol–water partition coefficient (Wildman–Crippen LogP) is 1.48. The second-order valence-corrected chi connectivity index (χ2v) is 11.6. The average molecular weight is 529 g/mol. The second kappa shape index (κ2) is 10.3. The van der Waals surface area contributed by atoms with E-state index in [1.54, 1.807) is 11.0 Å². The molecule has 1 atom stereocenters. The van der Waals surface area contributed by atoms with Gasteiger partial charge in [-0.1, -0.05) is 12.1 Å². The monoisotopic (exact) mass is 528 g/mol. The fraction of sp³-hybridized carbons (Fsp3) is 0.462. The summed E-state index contributed by atoms with van der Waals surface area (Å²) in [6.07, 6.45) is 0. The SMILES string of the molecule is Cc1cccc(N2CCN(C(=O)CN3C(=O)COc4ccc(S(=O)(=O)N5CCOCC5)cc43)C[C@H]2C)c1. The molecule has 198 valence electrons. The van der Waals surface area contributed by atoms with Crippen molar-refractivity contribution in [2.45, 2.75) is 24.8 Å². The molecule has 37 heavy (non-hydrogen) atoms. The van der Waals surface area contributed by atoms with Crippen molar-refractivity contribution in [3.8, 4) is 5.75 Å². The maximum absolute atomic E-state index is 13.3. The Bertz CT molecular complexity index is 1290. The minimum Gasteiger partial charge on any atom is -0.482 e. The fourth-order valence-electron chi connectivity index (χ4n) is 5.06. The lowest BCUT2D eigenvalue weighted by Crippen LogP contribution is -2.56. The Balaban J connectivity index is 1.32. The van der Waals surface area contributed by atoms with Crippen molar-refractivity contribution in [2.24, 2.45) is 0 Å². The summed E-state index contributed by atoms with van der Waals surface area (Å²) in [6.45, 7) is 6.73. The topological polar surface area (TPSA) is 99.7 Å². The molecule has 0 spiro atoms. The third kappa shape index (κ3) is 5.16. The number of carbonyl (C=O) groups excluding carboxylic acids is 2. The molecule has 0 aromatic heterocycles. The van der Waals surface area contributed by atoms with Crippen molar-refractivity contribution in [1.82, 2.24) is 9.21 Å². The summed E-state index contributed by atoms with van der Waals surface area (Å²) < 4.78 is 38.6. The number of benzene rings is 2. The standard InChI is InChI=1S/C26H32N4O6S/c1-19-4-3-5-21(14-19)29-9-8-27(16-20(29)2)25(31)17-30-23-15-22(6-7-24(23)36-18-26(30)32)37(33,34)28-10-12-35-13-11-28/h3-7,14-15,20H,8-13,16-18H2,1-2H3/t20-/m1/s1. The van der Waals surface area contributed by atoms with Crippen LogP contribution in [-0.4, -0.2) is 94.6 Å². The summed E-state index contributed by atoms with van der Waals surface area (Å²) in [4.78, 5) is 31.6. The molecule has 2 saturated heterocycles. The lowest BCUT2D eigenvalue weighted by Gasteiger charge is -2.42. The fourth-order valence-corrected chi connectivity index (χ4v) is 6.49. The number of rotatable bonds is 5. The molecule has 3 aliphatic rings. The number of amides is 2. The van der Waals surface area contributed by atoms with Gasteiger partial charge >= 0.3 is 0 Å². The molecule has 0 aliphatic carbocycles. The third-order valence-corrected chi connectivity index (χ3v) is 8.98. The minimum atomic E-state index is -3.77. The Morgan fingerprint density at radius 1 is 1.05 bits per heavy atom. The summed E-state index contributed by atoms with van der Waals surface area (Å²) >= 11 is 0. The van der Waals surface area contributed by atoms with Gasteiger partial charge in [-0.2, -0.15) is 4.31 Å². The zero-order valence-corrected chi connectivity index (χ0v) is 21.9. The maximum Gasteiger partial charge on any atom is 0.265 e. The van der Waals surface area contributed by atoms with E-state index in [0.29, 0.717) is 44.3 Å². The first-order valence-electron chi connectivity index (χ1n) is 12.5. The molecular formula is C26H32N4O6S. The number of hydrogen-bond acceptors (Lipinski definition) is 7. The van der Waals surface area contributed by atoms with Crippen molar-refractivity contribution in [2.75, 3.05) is 68.9 Å². The van der Waals surface area contributed by atoms with E-state index in [-0.39, 0.29) is 49.0 Å². The van der Waals surface area contributed by atoms with E-state index in [1.165, 1.54) is 26.9 Å². The summed E-state index contributed by atoms with van der Waals surface area (Å²) in [6, 6.07) is 12.9. The van der Waals surface area contributed by atoms with Crippen molar-refractivity contribution in [3.05, 3.63) is 48.0 Å². The summed E-state index contributed by atoms with van der Waals surface area (Å²) in [7, 11) is -3.77. The van der Waals surface area contributed by atoms with Gasteiger partial charge < -0.3 is 19.3 Å². The number of hydrogen-bond donors (Lipinski definition) is 0. The van der Waals surface area contributed by atoms with Gasteiger partial charge in [0.05, 0.1) is 23.8 Å². The highest BCUT2D eigenvalue weighted by Gasteiger charge is 2.34. The number of fused-ring (bicyclic) bond motifs is 1. The van der Waals surface area contributed by atoms with Crippen LogP contribution in [0.4, 0.5) is 11.4 Å². The van der Waals surface area contributed by atoms with E-state index in [4.69, 9.17) is 9.47 Å². The van der Waals surface area contributed by atoms with Gasteiger partial charge in [0.1, 0.15) is 12.3 Å². The van der Waals surface area contributed by atoms with Crippen LogP contribution in [0.2, 0.25) is 0 Å². The number of anilines is 2. The second-order valence-electron chi connectivity index (χ2n) is 9.64. The molecule has 3 aliphatic heterocycles. The minimum absolute atomic E-state index is 0.0595. The first kappa shape index (κ1) is 25.5.